The number of rotatable bonds is 5. The number of carbonyl (C=O) groups is 2. The van der Waals surface area contributed by atoms with Gasteiger partial charge in [0.2, 0.25) is 0 Å². The second kappa shape index (κ2) is 7.29. The second-order valence-electron chi connectivity index (χ2n) is 4.93. The van der Waals surface area contributed by atoms with Gasteiger partial charge in [0.05, 0.1) is 12.2 Å². The van der Waals surface area contributed by atoms with Crippen molar-refractivity contribution in [2.75, 3.05) is 6.61 Å². The average molecular weight is 325 g/mol. The van der Waals surface area contributed by atoms with Crippen molar-refractivity contribution in [2.45, 2.75) is 13.8 Å². The van der Waals surface area contributed by atoms with Gasteiger partial charge in [-0.3, -0.25) is 0 Å². The van der Waals surface area contributed by atoms with Gasteiger partial charge in [-0.05, 0) is 43.7 Å². The number of esters is 1. The van der Waals surface area contributed by atoms with Crippen molar-refractivity contribution in [1.29, 1.82) is 5.26 Å². The zero-order valence-electron chi connectivity index (χ0n) is 13.2. The van der Waals surface area contributed by atoms with Crippen molar-refractivity contribution in [3.8, 4) is 17.4 Å². The van der Waals surface area contributed by atoms with Crippen molar-refractivity contribution >= 4 is 18.0 Å². The minimum absolute atomic E-state index is 0.157. The van der Waals surface area contributed by atoms with E-state index in [9.17, 15) is 9.59 Å². The summed E-state index contributed by atoms with van der Waals surface area (Å²) in [6, 6.07) is 9.78. The molecule has 0 amide bonds. The van der Waals surface area contributed by atoms with E-state index >= 15 is 0 Å². The molecular weight excluding hydrogens is 310 g/mol. The molecule has 6 nitrogen and oxygen atoms in total. The van der Waals surface area contributed by atoms with E-state index in [4.69, 9.17) is 19.5 Å². The van der Waals surface area contributed by atoms with Gasteiger partial charge in [-0.15, -0.1) is 0 Å². The number of carbonyl (C=O) groups excluding carboxylic acids is 1. The Labute approximate surface area is 138 Å². The van der Waals surface area contributed by atoms with Crippen LogP contribution in [0.25, 0.3) is 17.4 Å². The fourth-order valence-corrected chi connectivity index (χ4v) is 2.14. The van der Waals surface area contributed by atoms with Gasteiger partial charge < -0.3 is 14.3 Å². The third-order valence-electron chi connectivity index (χ3n) is 3.27. The lowest BCUT2D eigenvalue weighted by Crippen LogP contribution is -2.05. The molecule has 1 aromatic carbocycles. The molecule has 2 rings (SSSR count). The van der Waals surface area contributed by atoms with Gasteiger partial charge in [-0.1, -0.05) is 6.07 Å². The molecule has 0 aliphatic carbocycles. The number of aryl methyl sites for hydroxylation is 1. The summed E-state index contributed by atoms with van der Waals surface area (Å²) < 4.78 is 10.4. The summed E-state index contributed by atoms with van der Waals surface area (Å²) in [5, 5.41) is 18.0. The first-order valence-electron chi connectivity index (χ1n) is 7.19. The van der Waals surface area contributed by atoms with Gasteiger partial charge in [0.25, 0.3) is 0 Å². The number of nitrogens with zero attached hydrogens (tertiary/aromatic N) is 1. The molecule has 0 saturated carbocycles. The van der Waals surface area contributed by atoms with E-state index < -0.39 is 11.9 Å². The smallest absolute Gasteiger partial charge is 0.349 e. The molecule has 0 atom stereocenters. The fraction of sp³-hybridized carbons (Fsp3) is 0.167. The molecule has 122 valence electrons. The summed E-state index contributed by atoms with van der Waals surface area (Å²) in [7, 11) is 0. The number of aromatic carboxylic acids is 1. The monoisotopic (exact) mass is 325 g/mol. The second-order valence-corrected chi connectivity index (χ2v) is 4.93. The summed E-state index contributed by atoms with van der Waals surface area (Å²) in [5.41, 5.74) is 1.51. The van der Waals surface area contributed by atoms with Crippen molar-refractivity contribution in [3.63, 3.8) is 0 Å². The zero-order chi connectivity index (χ0) is 17.7. The molecule has 0 fully saturated rings. The van der Waals surface area contributed by atoms with Crippen LogP contribution in [0.2, 0.25) is 0 Å². The molecule has 6 heteroatoms. The standard InChI is InChI=1S/C18H15NO5/c1-3-23-18(22)13(10-19)9-14-5-7-16(24-14)15-6-4-12(17(20)21)8-11(15)2/h4-9H,3H2,1-2H3,(H,20,21)/b13-9+. The SMILES string of the molecule is CCOC(=O)/C(C#N)=C/c1ccc(-c2ccc(C(=O)O)cc2C)o1. The number of carboxylic acids is 1. The first kappa shape index (κ1) is 17.0. The third kappa shape index (κ3) is 3.70. The molecule has 0 aliphatic heterocycles. The van der Waals surface area contributed by atoms with Crippen LogP contribution < -0.4 is 0 Å². The molecule has 24 heavy (non-hydrogen) atoms. The minimum Gasteiger partial charge on any atom is -0.478 e. The number of benzene rings is 1. The summed E-state index contributed by atoms with van der Waals surface area (Å²) in [5.74, 6) is -0.867. The molecule has 0 spiro atoms. The summed E-state index contributed by atoms with van der Waals surface area (Å²) in [4.78, 5) is 22.6. The Morgan fingerprint density at radius 3 is 2.67 bits per heavy atom. The van der Waals surface area contributed by atoms with Crippen molar-refractivity contribution in [3.05, 3.63) is 52.8 Å². The van der Waals surface area contributed by atoms with Crippen LogP contribution in [0.1, 0.15) is 28.6 Å². The van der Waals surface area contributed by atoms with Gasteiger partial charge in [0.1, 0.15) is 23.2 Å². The van der Waals surface area contributed by atoms with E-state index in [1.54, 1.807) is 44.2 Å². The molecule has 1 N–H and O–H groups in total. The molecule has 0 unspecified atom stereocenters. The van der Waals surface area contributed by atoms with Crippen LogP contribution in [0.4, 0.5) is 0 Å². The molecule has 1 aromatic heterocycles. The van der Waals surface area contributed by atoms with Crippen LogP contribution in [-0.2, 0) is 9.53 Å². The molecule has 0 radical (unpaired) electrons. The molecule has 0 saturated heterocycles. The maximum atomic E-state index is 11.6. The number of hydrogen-bond donors (Lipinski definition) is 1. The van der Waals surface area contributed by atoms with Crippen molar-refractivity contribution in [1.82, 2.24) is 0 Å². The van der Waals surface area contributed by atoms with E-state index in [1.165, 1.54) is 12.1 Å². The highest BCUT2D eigenvalue weighted by atomic mass is 16.5. The first-order valence-corrected chi connectivity index (χ1v) is 7.19. The topological polar surface area (TPSA) is 101 Å². The van der Waals surface area contributed by atoms with Crippen LogP contribution >= 0.6 is 0 Å². The van der Waals surface area contributed by atoms with E-state index in [1.807, 2.05) is 0 Å². The Balaban J connectivity index is 2.33. The van der Waals surface area contributed by atoms with Gasteiger partial charge in [0, 0.05) is 11.6 Å². The lowest BCUT2D eigenvalue weighted by Gasteiger charge is -2.04. The van der Waals surface area contributed by atoms with Crippen LogP contribution in [-0.4, -0.2) is 23.7 Å². The van der Waals surface area contributed by atoms with Crippen LogP contribution in [0.5, 0.6) is 0 Å². The average Bonchev–Trinajstić information content (AvgIpc) is 3.00. The maximum Gasteiger partial charge on any atom is 0.349 e. The van der Waals surface area contributed by atoms with E-state index in [0.29, 0.717) is 11.5 Å². The normalized spacial score (nSPS) is 11.0. The minimum atomic E-state index is -0.999. The quantitative estimate of drug-likeness (QED) is 0.513. The fourth-order valence-electron chi connectivity index (χ4n) is 2.14. The lowest BCUT2D eigenvalue weighted by atomic mass is 10.0. The number of carboxylic acid groups (broad SMARTS) is 1. The van der Waals surface area contributed by atoms with Gasteiger partial charge in [0.15, 0.2) is 0 Å². The van der Waals surface area contributed by atoms with Crippen LogP contribution in [0.3, 0.4) is 0 Å². The Morgan fingerprint density at radius 1 is 1.33 bits per heavy atom. The highest BCUT2D eigenvalue weighted by molar-refractivity contribution is 5.97. The largest absolute Gasteiger partial charge is 0.478 e. The summed E-state index contributed by atoms with van der Waals surface area (Å²) in [6.07, 6.45) is 1.31. The molecule has 0 aliphatic rings. The highest BCUT2D eigenvalue weighted by Crippen LogP contribution is 2.27. The van der Waals surface area contributed by atoms with Crippen molar-refractivity contribution < 1.29 is 23.8 Å². The molecule has 0 bridgehead atoms. The van der Waals surface area contributed by atoms with Gasteiger partial charge in [-0.2, -0.15) is 5.26 Å². The Hall–Kier alpha value is -3.33. The van der Waals surface area contributed by atoms with E-state index in [2.05, 4.69) is 0 Å². The Kier molecular flexibility index (Phi) is 5.17. The van der Waals surface area contributed by atoms with E-state index in [0.717, 1.165) is 11.1 Å². The van der Waals surface area contributed by atoms with E-state index in [-0.39, 0.29) is 17.7 Å². The Morgan fingerprint density at radius 2 is 2.08 bits per heavy atom. The lowest BCUT2D eigenvalue weighted by molar-refractivity contribution is -0.137. The summed E-state index contributed by atoms with van der Waals surface area (Å²) in [6.45, 7) is 3.61. The zero-order valence-corrected chi connectivity index (χ0v) is 13.2. The first-order chi connectivity index (χ1) is 11.5. The number of ether oxygens (including phenoxy) is 1. The Bertz CT molecular complexity index is 855. The molecule has 2 aromatic rings. The summed E-state index contributed by atoms with van der Waals surface area (Å²) >= 11 is 0. The van der Waals surface area contributed by atoms with Crippen molar-refractivity contribution in [2.24, 2.45) is 0 Å². The number of nitriles is 1. The maximum absolute atomic E-state index is 11.6. The molecule has 1 heterocycles. The predicted octanol–water partition coefficient (Wildman–Crippen LogP) is 3.42. The van der Waals surface area contributed by atoms with Crippen LogP contribution in [0.15, 0.2) is 40.3 Å². The predicted molar refractivity (Wildman–Crippen MR) is 86.1 cm³/mol. The molecular formula is C18H15NO5. The van der Waals surface area contributed by atoms with Crippen LogP contribution in [0, 0.1) is 18.3 Å². The number of hydrogen-bond acceptors (Lipinski definition) is 5. The number of furan rings is 1. The van der Waals surface area contributed by atoms with Gasteiger partial charge in [-0.25, -0.2) is 9.59 Å². The highest BCUT2D eigenvalue weighted by Gasteiger charge is 2.13. The third-order valence-corrected chi connectivity index (χ3v) is 3.27. The van der Waals surface area contributed by atoms with Gasteiger partial charge >= 0.3 is 11.9 Å².